The van der Waals surface area contributed by atoms with Gasteiger partial charge in [0, 0.05) is 29.7 Å². The lowest BCUT2D eigenvalue weighted by molar-refractivity contribution is -0.115. The van der Waals surface area contributed by atoms with Crippen LogP contribution in [0.1, 0.15) is 16.1 Å². The highest BCUT2D eigenvalue weighted by Gasteiger charge is 2.28. The predicted octanol–water partition coefficient (Wildman–Crippen LogP) is 3.63. The molecule has 0 saturated carbocycles. The topological polar surface area (TPSA) is 88.6 Å². The van der Waals surface area contributed by atoms with Crippen molar-refractivity contribution >= 4 is 33.0 Å². The minimum absolute atomic E-state index is 0.190. The zero-order valence-electron chi connectivity index (χ0n) is 18.0. The molecule has 9 heteroatoms. The molecule has 2 heterocycles. The van der Waals surface area contributed by atoms with Gasteiger partial charge in [0.1, 0.15) is 0 Å². The van der Waals surface area contributed by atoms with Crippen molar-refractivity contribution in [3.63, 3.8) is 0 Å². The largest absolute Gasteiger partial charge is 0.379 e. The van der Waals surface area contributed by atoms with Gasteiger partial charge in [-0.15, -0.1) is 11.3 Å². The molecule has 168 valence electrons. The van der Waals surface area contributed by atoms with Crippen molar-refractivity contribution in [3.05, 3.63) is 64.0 Å². The molecule has 2 aromatic carbocycles. The van der Waals surface area contributed by atoms with E-state index < -0.39 is 10.0 Å². The summed E-state index contributed by atoms with van der Waals surface area (Å²) in [5.74, 6) is -0.208. The molecule has 1 aromatic heterocycles. The number of amides is 1. The van der Waals surface area contributed by atoms with Crippen LogP contribution in [-0.2, 0) is 26.0 Å². The summed E-state index contributed by atoms with van der Waals surface area (Å²) in [6.45, 7) is 5.15. The second-order valence-electron chi connectivity index (χ2n) is 7.67. The molecule has 0 unspecified atom stereocenters. The summed E-state index contributed by atoms with van der Waals surface area (Å²) in [6.07, 6.45) is 0.190. The summed E-state index contributed by atoms with van der Waals surface area (Å²) < 4.78 is 32.8. The Morgan fingerprint density at radius 3 is 2.50 bits per heavy atom. The van der Waals surface area contributed by atoms with Crippen LogP contribution in [0.3, 0.4) is 0 Å². The average molecular weight is 472 g/mol. The SMILES string of the molecule is Cc1nc(-c2ccc(CC(=O)Nc3ccc(C)c(S(=O)(=O)N4CCOCC4)c3)cc2)cs1. The predicted molar refractivity (Wildman–Crippen MR) is 125 cm³/mol. The van der Waals surface area contributed by atoms with Gasteiger partial charge >= 0.3 is 0 Å². The first-order chi connectivity index (χ1) is 15.3. The second-order valence-corrected chi connectivity index (χ2v) is 10.6. The molecule has 1 saturated heterocycles. The lowest BCUT2D eigenvalue weighted by Crippen LogP contribution is -2.40. The van der Waals surface area contributed by atoms with Crippen LogP contribution < -0.4 is 5.32 Å². The maximum Gasteiger partial charge on any atom is 0.243 e. The monoisotopic (exact) mass is 471 g/mol. The molecule has 0 radical (unpaired) electrons. The molecule has 7 nitrogen and oxygen atoms in total. The normalized spacial score (nSPS) is 14.9. The van der Waals surface area contributed by atoms with Crippen LogP contribution in [0.15, 0.2) is 52.7 Å². The first-order valence-corrected chi connectivity index (χ1v) is 12.6. The van der Waals surface area contributed by atoms with E-state index in [0.717, 1.165) is 21.8 Å². The van der Waals surface area contributed by atoms with Gasteiger partial charge in [-0.05, 0) is 37.1 Å². The molecule has 4 rings (SSSR count). The number of aryl methyl sites for hydroxylation is 2. The van der Waals surface area contributed by atoms with Crippen molar-refractivity contribution in [2.75, 3.05) is 31.6 Å². The van der Waals surface area contributed by atoms with Crippen LogP contribution >= 0.6 is 11.3 Å². The number of thiazole rings is 1. The van der Waals surface area contributed by atoms with Crippen LogP contribution in [0.4, 0.5) is 5.69 Å². The highest BCUT2D eigenvalue weighted by molar-refractivity contribution is 7.89. The van der Waals surface area contributed by atoms with Gasteiger partial charge in [-0.25, -0.2) is 13.4 Å². The average Bonchev–Trinajstić information content (AvgIpc) is 3.22. The summed E-state index contributed by atoms with van der Waals surface area (Å²) in [7, 11) is -3.64. The Kier molecular flexibility index (Phi) is 6.71. The number of anilines is 1. The third-order valence-electron chi connectivity index (χ3n) is 5.29. The van der Waals surface area contributed by atoms with Crippen molar-refractivity contribution in [3.8, 4) is 11.3 Å². The summed E-state index contributed by atoms with van der Waals surface area (Å²) >= 11 is 1.60. The number of sulfonamides is 1. The maximum atomic E-state index is 13.0. The standard InChI is InChI=1S/C23H25N3O4S2/c1-16-3-8-20(14-22(16)32(28,29)26-9-11-30-12-10-26)25-23(27)13-18-4-6-19(7-5-18)21-15-31-17(2)24-21/h3-8,14-15H,9-13H2,1-2H3,(H,25,27). The molecule has 0 atom stereocenters. The molecular weight excluding hydrogens is 446 g/mol. The highest BCUT2D eigenvalue weighted by atomic mass is 32.2. The zero-order valence-corrected chi connectivity index (χ0v) is 19.6. The molecule has 0 bridgehead atoms. The summed E-state index contributed by atoms with van der Waals surface area (Å²) in [4.78, 5) is 17.3. The smallest absolute Gasteiger partial charge is 0.243 e. The number of rotatable bonds is 6. The Bertz CT molecular complexity index is 1210. The maximum absolute atomic E-state index is 13.0. The van der Waals surface area contributed by atoms with E-state index in [2.05, 4.69) is 10.3 Å². The van der Waals surface area contributed by atoms with E-state index in [0.29, 0.717) is 37.6 Å². The van der Waals surface area contributed by atoms with Gasteiger partial charge in [0.05, 0.1) is 35.2 Å². The quantitative estimate of drug-likeness (QED) is 0.593. The Labute approximate surface area is 192 Å². The van der Waals surface area contributed by atoms with E-state index in [1.54, 1.807) is 30.4 Å². The number of morpholine rings is 1. The van der Waals surface area contributed by atoms with Gasteiger partial charge in [0.15, 0.2) is 0 Å². The van der Waals surface area contributed by atoms with E-state index in [-0.39, 0.29) is 17.2 Å². The fraction of sp³-hybridized carbons (Fsp3) is 0.304. The Morgan fingerprint density at radius 1 is 1.12 bits per heavy atom. The molecule has 0 spiro atoms. The van der Waals surface area contributed by atoms with Gasteiger partial charge in [0.2, 0.25) is 15.9 Å². The summed E-state index contributed by atoms with van der Waals surface area (Å²) in [5.41, 5.74) is 3.91. The molecule has 1 aliphatic rings. The van der Waals surface area contributed by atoms with E-state index in [1.165, 1.54) is 10.4 Å². The van der Waals surface area contributed by atoms with E-state index in [1.807, 2.05) is 36.6 Å². The van der Waals surface area contributed by atoms with Crippen LogP contribution in [0.25, 0.3) is 11.3 Å². The Morgan fingerprint density at radius 2 is 1.84 bits per heavy atom. The van der Waals surface area contributed by atoms with Gasteiger partial charge in [0.25, 0.3) is 0 Å². The second kappa shape index (κ2) is 9.50. The van der Waals surface area contributed by atoms with Gasteiger partial charge in [-0.2, -0.15) is 4.31 Å². The van der Waals surface area contributed by atoms with Gasteiger partial charge in [-0.1, -0.05) is 30.3 Å². The van der Waals surface area contributed by atoms with Crippen molar-refractivity contribution in [2.24, 2.45) is 0 Å². The first kappa shape index (κ1) is 22.6. The number of hydrogen-bond acceptors (Lipinski definition) is 6. The molecule has 32 heavy (non-hydrogen) atoms. The van der Waals surface area contributed by atoms with Crippen LogP contribution in [0.5, 0.6) is 0 Å². The number of nitrogens with zero attached hydrogens (tertiary/aromatic N) is 2. The van der Waals surface area contributed by atoms with Crippen LogP contribution in [0.2, 0.25) is 0 Å². The molecule has 3 aromatic rings. The number of benzene rings is 2. The molecule has 0 aliphatic carbocycles. The van der Waals surface area contributed by atoms with Crippen molar-refractivity contribution in [1.29, 1.82) is 0 Å². The molecule has 1 aliphatic heterocycles. The first-order valence-electron chi connectivity index (χ1n) is 10.3. The minimum atomic E-state index is -3.64. The number of nitrogens with one attached hydrogen (secondary N) is 1. The third-order valence-corrected chi connectivity index (χ3v) is 8.11. The van der Waals surface area contributed by atoms with Gasteiger partial charge in [-0.3, -0.25) is 4.79 Å². The van der Waals surface area contributed by atoms with E-state index in [4.69, 9.17) is 4.74 Å². The number of hydrogen-bond donors (Lipinski definition) is 1. The van der Waals surface area contributed by atoms with Crippen LogP contribution in [0, 0.1) is 13.8 Å². The Balaban J connectivity index is 1.45. The zero-order chi connectivity index (χ0) is 22.7. The fourth-order valence-corrected chi connectivity index (χ4v) is 5.84. The number of carbonyl (C=O) groups excluding carboxylic acids is 1. The summed E-state index contributed by atoms with van der Waals surface area (Å²) in [5, 5.41) is 5.85. The van der Waals surface area contributed by atoms with Crippen molar-refractivity contribution < 1.29 is 17.9 Å². The van der Waals surface area contributed by atoms with Crippen molar-refractivity contribution in [2.45, 2.75) is 25.2 Å². The van der Waals surface area contributed by atoms with E-state index >= 15 is 0 Å². The number of ether oxygens (including phenoxy) is 1. The molecule has 1 fully saturated rings. The molecule has 1 amide bonds. The molecular formula is C23H25N3O4S2. The highest BCUT2D eigenvalue weighted by Crippen LogP contribution is 2.25. The van der Waals surface area contributed by atoms with E-state index in [9.17, 15) is 13.2 Å². The van der Waals surface area contributed by atoms with Gasteiger partial charge < -0.3 is 10.1 Å². The molecule has 1 N–H and O–H groups in total. The number of aromatic nitrogens is 1. The lowest BCUT2D eigenvalue weighted by Gasteiger charge is -2.26. The summed E-state index contributed by atoms with van der Waals surface area (Å²) in [6, 6.07) is 12.7. The van der Waals surface area contributed by atoms with Crippen molar-refractivity contribution in [1.82, 2.24) is 9.29 Å². The minimum Gasteiger partial charge on any atom is -0.379 e. The fourth-order valence-electron chi connectivity index (χ4n) is 3.56. The lowest BCUT2D eigenvalue weighted by atomic mass is 10.1. The number of carbonyl (C=O) groups is 1. The van der Waals surface area contributed by atoms with Crippen LogP contribution in [-0.4, -0.2) is 49.9 Å². The third kappa shape index (κ3) is 5.07. The Hall–Kier alpha value is -2.59.